The van der Waals surface area contributed by atoms with Crippen LogP contribution in [0.25, 0.3) is 5.69 Å². The number of hydrogen-bond acceptors (Lipinski definition) is 6. The number of para-hydroxylation sites is 1. The summed E-state index contributed by atoms with van der Waals surface area (Å²) in [6.45, 7) is 0.229. The number of carbonyl (C=O) groups is 1. The van der Waals surface area contributed by atoms with Crippen LogP contribution in [0.4, 0.5) is 10.5 Å². The molecule has 2 N–H and O–H groups in total. The van der Waals surface area contributed by atoms with E-state index < -0.39 is 0 Å². The first-order valence-corrected chi connectivity index (χ1v) is 8.82. The topological polar surface area (TPSA) is 107 Å². The molecule has 2 heterocycles. The molecule has 0 unspecified atom stereocenters. The summed E-state index contributed by atoms with van der Waals surface area (Å²) in [5.74, 6) is 1.19. The van der Waals surface area contributed by atoms with Gasteiger partial charge in [-0.2, -0.15) is 0 Å². The highest BCUT2D eigenvalue weighted by Gasteiger charge is 2.08. The number of rotatable bonds is 6. The molecule has 2 aromatic heterocycles. The summed E-state index contributed by atoms with van der Waals surface area (Å²) in [6, 6.07) is 18.2. The van der Waals surface area contributed by atoms with Crippen molar-refractivity contribution in [1.29, 1.82) is 0 Å². The lowest BCUT2D eigenvalue weighted by molar-refractivity contribution is 0.251. The van der Waals surface area contributed by atoms with E-state index in [1.165, 1.54) is 0 Å². The average molecular weight is 387 g/mol. The smallest absolute Gasteiger partial charge is 0.321 e. The van der Waals surface area contributed by atoms with Gasteiger partial charge in [0.25, 0.3) is 0 Å². The van der Waals surface area contributed by atoms with E-state index in [1.54, 1.807) is 49.1 Å². The molecule has 2 aromatic carbocycles. The fourth-order valence-corrected chi connectivity index (χ4v) is 2.57. The van der Waals surface area contributed by atoms with Gasteiger partial charge in [-0.3, -0.25) is 4.57 Å². The zero-order valence-electron chi connectivity index (χ0n) is 15.3. The van der Waals surface area contributed by atoms with Crippen molar-refractivity contribution >= 4 is 11.7 Å². The van der Waals surface area contributed by atoms with Gasteiger partial charge in [0.05, 0.1) is 6.54 Å². The van der Waals surface area contributed by atoms with Crippen molar-refractivity contribution in [2.75, 3.05) is 5.32 Å². The number of ether oxygens (including phenoxy) is 1. The van der Waals surface area contributed by atoms with Gasteiger partial charge in [-0.15, -0.1) is 10.2 Å². The second-order valence-corrected chi connectivity index (χ2v) is 5.92. The molecule has 0 aliphatic carbocycles. The summed E-state index contributed by atoms with van der Waals surface area (Å²) in [4.78, 5) is 20.2. The molecule has 4 aromatic rings. The molecule has 9 nitrogen and oxygen atoms in total. The van der Waals surface area contributed by atoms with Gasteiger partial charge >= 0.3 is 12.0 Å². The maximum Gasteiger partial charge on any atom is 0.321 e. The first-order chi connectivity index (χ1) is 14.3. The predicted molar refractivity (Wildman–Crippen MR) is 106 cm³/mol. The average Bonchev–Trinajstić information content (AvgIpc) is 3.24. The highest BCUT2D eigenvalue weighted by molar-refractivity contribution is 5.89. The van der Waals surface area contributed by atoms with Gasteiger partial charge in [-0.1, -0.05) is 18.2 Å². The van der Waals surface area contributed by atoms with Crippen molar-refractivity contribution < 1.29 is 9.53 Å². The molecule has 0 fully saturated rings. The predicted octanol–water partition coefficient (Wildman–Crippen LogP) is 3.17. The van der Waals surface area contributed by atoms with Crippen molar-refractivity contribution in [3.8, 4) is 17.4 Å². The van der Waals surface area contributed by atoms with E-state index in [0.29, 0.717) is 17.3 Å². The number of anilines is 1. The van der Waals surface area contributed by atoms with Crippen molar-refractivity contribution in [2.45, 2.75) is 6.54 Å². The molecule has 144 valence electrons. The molecule has 0 atom stereocenters. The molecule has 0 saturated carbocycles. The van der Waals surface area contributed by atoms with Crippen LogP contribution < -0.4 is 15.4 Å². The highest BCUT2D eigenvalue weighted by Crippen LogP contribution is 2.19. The molecule has 9 heteroatoms. The first kappa shape index (κ1) is 18.1. The number of amides is 2. The molecule has 0 aliphatic heterocycles. The summed E-state index contributed by atoms with van der Waals surface area (Å²) in [6.07, 6.45) is 4.81. The van der Waals surface area contributed by atoms with E-state index in [-0.39, 0.29) is 18.6 Å². The van der Waals surface area contributed by atoms with Crippen LogP contribution in [-0.2, 0) is 6.54 Å². The zero-order valence-corrected chi connectivity index (χ0v) is 15.3. The van der Waals surface area contributed by atoms with Crippen molar-refractivity contribution in [3.05, 3.63) is 85.2 Å². The van der Waals surface area contributed by atoms with Crippen LogP contribution >= 0.6 is 0 Å². The fraction of sp³-hybridized carbons (Fsp3) is 0.0500. The maximum absolute atomic E-state index is 12.2. The lowest BCUT2D eigenvalue weighted by Crippen LogP contribution is -2.29. The van der Waals surface area contributed by atoms with Crippen LogP contribution in [0.5, 0.6) is 11.8 Å². The van der Waals surface area contributed by atoms with Crippen molar-refractivity contribution in [2.24, 2.45) is 0 Å². The van der Waals surface area contributed by atoms with E-state index in [2.05, 4.69) is 30.8 Å². The molecule has 0 aliphatic rings. The number of nitrogens with zero attached hydrogens (tertiary/aromatic N) is 5. The van der Waals surface area contributed by atoms with Gasteiger partial charge in [0, 0.05) is 23.8 Å². The lowest BCUT2D eigenvalue weighted by Gasteiger charge is -2.09. The highest BCUT2D eigenvalue weighted by atomic mass is 16.5. The fourth-order valence-electron chi connectivity index (χ4n) is 2.57. The molecule has 29 heavy (non-hydrogen) atoms. The van der Waals surface area contributed by atoms with Crippen LogP contribution in [0.1, 0.15) is 5.82 Å². The number of carbonyl (C=O) groups excluding carboxylic acids is 1. The van der Waals surface area contributed by atoms with E-state index >= 15 is 0 Å². The van der Waals surface area contributed by atoms with Gasteiger partial charge in [-0.25, -0.2) is 14.8 Å². The van der Waals surface area contributed by atoms with Crippen LogP contribution in [0.2, 0.25) is 0 Å². The van der Waals surface area contributed by atoms with E-state index in [9.17, 15) is 4.79 Å². The molecule has 4 rings (SSSR count). The number of nitrogens with one attached hydrogen (secondary N) is 2. The number of aromatic nitrogens is 5. The molecule has 0 spiro atoms. The van der Waals surface area contributed by atoms with Gasteiger partial charge in [0.1, 0.15) is 12.1 Å². The molecule has 2 amide bonds. The quantitative estimate of drug-likeness (QED) is 0.526. The Balaban J connectivity index is 1.32. The van der Waals surface area contributed by atoms with Gasteiger partial charge in [-0.05, 0) is 42.5 Å². The van der Waals surface area contributed by atoms with E-state index in [4.69, 9.17) is 4.74 Å². The maximum atomic E-state index is 12.2. The third-order valence-corrected chi connectivity index (χ3v) is 3.92. The second kappa shape index (κ2) is 8.61. The molecule has 0 radical (unpaired) electrons. The van der Waals surface area contributed by atoms with E-state index in [1.807, 2.05) is 34.9 Å². The van der Waals surface area contributed by atoms with E-state index in [0.717, 1.165) is 5.69 Å². The van der Waals surface area contributed by atoms with Crippen LogP contribution in [-0.4, -0.2) is 30.8 Å². The van der Waals surface area contributed by atoms with Crippen molar-refractivity contribution in [3.63, 3.8) is 0 Å². The normalized spacial score (nSPS) is 10.3. The Hall–Kier alpha value is -4.27. The van der Waals surface area contributed by atoms with Crippen LogP contribution in [0.15, 0.2) is 79.4 Å². The SMILES string of the molecule is O=C(NCc1nncn1-c1ccccc1)Nc1ccc(Oc2ncccn2)cc1. The Morgan fingerprint density at radius 2 is 1.72 bits per heavy atom. The Bertz CT molecular complexity index is 1070. The molecule has 0 saturated heterocycles. The third-order valence-electron chi connectivity index (χ3n) is 3.92. The second-order valence-electron chi connectivity index (χ2n) is 5.92. The Morgan fingerprint density at radius 3 is 2.48 bits per heavy atom. The van der Waals surface area contributed by atoms with Gasteiger partial charge < -0.3 is 15.4 Å². The largest absolute Gasteiger partial charge is 0.424 e. The summed E-state index contributed by atoms with van der Waals surface area (Å²) in [5, 5.41) is 13.5. The third kappa shape index (κ3) is 4.72. The molecule has 0 bridgehead atoms. The van der Waals surface area contributed by atoms with Crippen LogP contribution in [0, 0.1) is 0 Å². The summed E-state index contributed by atoms with van der Waals surface area (Å²) in [5.41, 5.74) is 1.54. The Kier molecular flexibility index (Phi) is 5.38. The minimum absolute atomic E-state index is 0.229. The molecular weight excluding hydrogens is 370 g/mol. The zero-order chi connectivity index (χ0) is 19.9. The standard InChI is InChI=1S/C20H17N7O2/c28-19(23-13-18-26-24-14-27(18)16-5-2-1-3-6-16)25-15-7-9-17(10-8-15)29-20-21-11-4-12-22-20/h1-12,14H,13H2,(H2,23,25,28). The Morgan fingerprint density at radius 1 is 0.966 bits per heavy atom. The summed E-state index contributed by atoms with van der Waals surface area (Å²) >= 11 is 0. The minimum atomic E-state index is -0.354. The van der Waals surface area contributed by atoms with Gasteiger partial charge in [0.15, 0.2) is 5.82 Å². The van der Waals surface area contributed by atoms with Gasteiger partial charge in [0.2, 0.25) is 0 Å². The number of urea groups is 1. The molecular formula is C20H17N7O2. The summed E-state index contributed by atoms with van der Waals surface area (Å²) < 4.78 is 7.34. The lowest BCUT2D eigenvalue weighted by atomic mass is 10.3. The minimum Gasteiger partial charge on any atom is -0.424 e. The van der Waals surface area contributed by atoms with Crippen LogP contribution in [0.3, 0.4) is 0 Å². The monoisotopic (exact) mass is 387 g/mol. The number of hydrogen-bond donors (Lipinski definition) is 2. The number of benzene rings is 2. The summed E-state index contributed by atoms with van der Waals surface area (Å²) in [7, 11) is 0. The van der Waals surface area contributed by atoms with Crippen molar-refractivity contribution in [1.82, 2.24) is 30.0 Å². The first-order valence-electron chi connectivity index (χ1n) is 8.82. The Labute approximate surface area is 166 Å².